The van der Waals surface area contributed by atoms with Gasteiger partial charge in [0.15, 0.2) is 5.82 Å². The van der Waals surface area contributed by atoms with Gasteiger partial charge in [-0.1, -0.05) is 30.3 Å². The van der Waals surface area contributed by atoms with E-state index >= 15 is 0 Å². The Hall–Kier alpha value is -2.41. The van der Waals surface area contributed by atoms with Crippen LogP contribution in [0.25, 0.3) is 17.1 Å². The van der Waals surface area contributed by atoms with Crippen LogP contribution >= 0.6 is 12.2 Å². The molecule has 2 aromatic carbocycles. The predicted molar refractivity (Wildman–Crippen MR) is 83.8 cm³/mol. The van der Waals surface area contributed by atoms with Crippen molar-refractivity contribution < 1.29 is 13.2 Å². The fraction of sp³-hybridized carbons (Fsp3) is 0.125. The van der Waals surface area contributed by atoms with E-state index in [4.69, 9.17) is 12.2 Å². The van der Waals surface area contributed by atoms with E-state index in [1.807, 2.05) is 30.3 Å². The van der Waals surface area contributed by atoms with Gasteiger partial charge in [0.05, 0.1) is 5.56 Å². The Morgan fingerprint density at radius 2 is 1.57 bits per heavy atom. The number of nitrogens with zero attached hydrogens (tertiary/aromatic N) is 3. The first-order chi connectivity index (χ1) is 10.9. The van der Waals surface area contributed by atoms with Gasteiger partial charge in [0.25, 0.3) is 0 Å². The third kappa shape index (κ3) is 2.92. The van der Waals surface area contributed by atoms with Gasteiger partial charge in [-0.2, -0.15) is 18.3 Å². The van der Waals surface area contributed by atoms with Gasteiger partial charge in [0.2, 0.25) is 4.77 Å². The molecule has 0 N–H and O–H groups in total. The van der Waals surface area contributed by atoms with Crippen LogP contribution in [0.15, 0.2) is 54.6 Å². The number of aromatic nitrogens is 3. The molecule has 3 nitrogen and oxygen atoms in total. The molecule has 0 bridgehead atoms. The average Bonchev–Trinajstić information content (AvgIpc) is 2.83. The van der Waals surface area contributed by atoms with E-state index < -0.39 is 11.7 Å². The highest BCUT2D eigenvalue weighted by Crippen LogP contribution is 2.31. The summed E-state index contributed by atoms with van der Waals surface area (Å²) in [6.07, 6.45) is -4.36. The Kier molecular flexibility index (Phi) is 3.81. The van der Waals surface area contributed by atoms with Crippen molar-refractivity contribution in [2.24, 2.45) is 7.05 Å². The fourth-order valence-corrected chi connectivity index (χ4v) is 2.50. The minimum Gasteiger partial charge on any atom is -0.268 e. The minimum absolute atomic E-state index is 0.464. The summed E-state index contributed by atoms with van der Waals surface area (Å²) in [6, 6.07) is 14.2. The minimum atomic E-state index is -4.36. The first kappa shape index (κ1) is 15.5. The summed E-state index contributed by atoms with van der Waals surface area (Å²) in [4.78, 5) is 0. The molecule has 3 aromatic rings. The smallest absolute Gasteiger partial charge is 0.268 e. The van der Waals surface area contributed by atoms with Crippen LogP contribution in [0.4, 0.5) is 13.2 Å². The third-order valence-electron chi connectivity index (χ3n) is 3.41. The zero-order valence-electron chi connectivity index (χ0n) is 12.1. The van der Waals surface area contributed by atoms with Crippen LogP contribution in [-0.2, 0) is 13.2 Å². The molecule has 0 fully saturated rings. The molecule has 0 atom stereocenters. The number of para-hydroxylation sites is 1. The van der Waals surface area contributed by atoms with E-state index in [0.29, 0.717) is 16.2 Å². The van der Waals surface area contributed by atoms with Crippen LogP contribution in [0.2, 0.25) is 0 Å². The lowest BCUT2D eigenvalue weighted by molar-refractivity contribution is -0.137. The topological polar surface area (TPSA) is 22.8 Å². The van der Waals surface area contributed by atoms with E-state index in [2.05, 4.69) is 5.10 Å². The van der Waals surface area contributed by atoms with E-state index in [1.165, 1.54) is 16.8 Å². The molecule has 0 aliphatic carbocycles. The molecule has 0 unspecified atom stereocenters. The van der Waals surface area contributed by atoms with Crippen LogP contribution in [0, 0.1) is 4.77 Å². The molecule has 3 rings (SSSR count). The van der Waals surface area contributed by atoms with Crippen molar-refractivity contribution in [3.8, 4) is 17.1 Å². The number of rotatable bonds is 2. The van der Waals surface area contributed by atoms with E-state index in [1.54, 1.807) is 11.6 Å². The van der Waals surface area contributed by atoms with Gasteiger partial charge in [-0.25, -0.2) is 4.68 Å². The summed E-state index contributed by atoms with van der Waals surface area (Å²) in [5, 5.41) is 4.34. The molecule has 23 heavy (non-hydrogen) atoms. The Morgan fingerprint density at radius 3 is 2.13 bits per heavy atom. The summed E-state index contributed by atoms with van der Waals surface area (Å²) >= 11 is 5.36. The van der Waals surface area contributed by atoms with E-state index in [0.717, 1.165) is 17.8 Å². The van der Waals surface area contributed by atoms with E-state index in [9.17, 15) is 13.2 Å². The highest BCUT2D eigenvalue weighted by molar-refractivity contribution is 7.71. The van der Waals surface area contributed by atoms with Crippen LogP contribution in [0.1, 0.15) is 5.56 Å². The zero-order valence-corrected chi connectivity index (χ0v) is 12.9. The standard InChI is InChI=1S/C16H12F3N3S/c1-21-15(23)22(13-5-3-2-4-6-13)14(20-21)11-7-9-12(10-8-11)16(17,18)19/h2-10H,1H3. The second kappa shape index (κ2) is 5.66. The van der Waals surface area contributed by atoms with Crippen LogP contribution in [0.3, 0.4) is 0 Å². The molecule has 118 valence electrons. The van der Waals surface area contributed by atoms with Gasteiger partial charge >= 0.3 is 6.18 Å². The average molecular weight is 335 g/mol. The second-order valence-corrected chi connectivity index (χ2v) is 5.34. The Labute approximate surface area is 135 Å². The zero-order chi connectivity index (χ0) is 16.6. The number of hydrogen-bond acceptors (Lipinski definition) is 2. The normalized spacial score (nSPS) is 11.7. The maximum absolute atomic E-state index is 12.7. The predicted octanol–water partition coefficient (Wildman–Crippen LogP) is 4.63. The molecule has 0 amide bonds. The lowest BCUT2D eigenvalue weighted by Crippen LogP contribution is -2.04. The monoisotopic (exact) mass is 335 g/mol. The molecule has 0 saturated carbocycles. The van der Waals surface area contributed by atoms with Gasteiger partial charge in [-0.15, -0.1) is 0 Å². The van der Waals surface area contributed by atoms with Crippen molar-refractivity contribution in [2.45, 2.75) is 6.18 Å². The molecular weight excluding hydrogens is 323 g/mol. The van der Waals surface area contributed by atoms with Gasteiger partial charge in [-0.05, 0) is 36.5 Å². The first-order valence-electron chi connectivity index (χ1n) is 6.77. The molecule has 0 spiro atoms. The first-order valence-corrected chi connectivity index (χ1v) is 7.18. The molecule has 0 radical (unpaired) electrons. The van der Waals surface area contributed by atoms with Crippen molar-refractivity contribution in [1.82, 2.24) is 14.3 Å². The number of hydrogen-bond donors (Lipinski definition) is 0. The molecule has 0 saturated heterocycles. The summed E-state index contributed by atoms with van der Waals surface area (Å²) in [7, 11) is 1.70. The summed E-state index contributed by atoms with van der Waals surface area (Å²) in [5.74, 6) is 0.498. The van der Waals surface area contributed by atoms with Gasteiger partial charge in [-0.3, -0.25) is 4.57 Å². The van der Waals surface area contributed by atoms with Crippen molar-refractivity contribution in [2.75, 3.05) is 0 Å². The molecular formula is C16H12F3N3S. The Bertz CT molecular complexity index is 878. The maximum Gasteiger partial charge on any atom is 0.416 e. The lowest BCUT2D eigenvalue weighted by atomic mass is 10.1. The van der Waals surface area contributed by atoms with Crippen molar-refractivity contribution in [3.05, 3.63) is 64.9 Å². The highest BCUT2D eigenvalue weighted by Gasteiger charge is 2.30. The van der Waals surface area contributed by atoms with Gasteiger partial charge in [0, 0.05) is 18.3 Å². The van der Waals surface area contributed by atoms with Crippen LogP contribution in [0.5, 0.6) is 0 Å². The van der Waals surface area contributed by atoms with Crippen molar-refractivity contribution in [1.29, 1.82) is 0 Å². The largest absolute Gasteiger partial charge is 0.416 e. The number of halogens is 3. The van der Waals surface area contributed by atoms with Gasteiger partial charge in [0.1, 0.15) is 0 Å². The van der Waals surface area contributed by atoms with Crippen LogP contribution in [-0.4, -0.2) is 14.3 Å². The van der Waals surface area contributed by atoms with Crippen molar-refractivity contribution >= 4 is 12.2 Å². The number of alkyl halides is 3. The summed E-state index contributed by atoms with van der Waals surface area (Å²) in [6.45, 7) is 0. The number of benzene rings is 2. The fourth-order valence-electron chi connectivity index (χ4n) is 2.27. The summed E-state index contributed by atoms with van der Waals surface area (Å²) < 4.78 is 41.8. The maximum atomic E-state index is 12.7. The van der Waals surface area contributed by atoms with Crippen LogP contribution < -0.4 is 0 Å². The van der Waals surface area contributed by atoms with Gasteiger partial charge < -0.3 is 0 Å². The molecule has 7 heteroatoms. The SMILES string of the molecule is Cn1nc(-c2ccc(C(F)(F)F)cc2)n(-c2ccccc2)c1=S. The second-order valence-electron chi connectivity index (χ2n) is 4.98. The highest BCUT2D eigenvalue weighted by atomic mass is 32.1. The number of aryl methyl sites for hydroxylation is 1. The molecule has 0 aliphatic rings. The Morgan fingerprint density at radius 1 is 0.957 bits per heavy atom. The summed E-state index contributed by atoms with van der Waals surface area (Å²) in [5.41, 5.74) is 0.677. The van der Waals surface area contributed by atoms with Crippen molar-refractivity contribution in [3.63, 3.8) is 0 Å². The Balaban J connectivity index is 2.14. The lowest BCUT2D eigenvalue weighted by Gasteiger charge is -2.09. The third-order valence-corrected chi connectivity index (χ3v) is 3.86. The van der Waals surface area contributed by atoms with E-state index in [-0.39, 0.29) is 0 Å². The quantitative estimate of drug-likeness (QED) is 0.638. The molecule has 1 aromatic heterocycles. The molecule has 0 aliphatic heterocycles. The molecule has 1 heterocycles.